The second kappa shape index (κ2) is 10.9. The van der Waals surface area contributed by atoms with Crippen LogP contribution >= 0.6 is 0 Å². The maximum atomic E-state index is 12.8. The Morgan fingerprint density at radius 2 is 1.21 bits per heavy atom. The number of carbonyl (C=O) groups is 1. The van der Waals surface area contributed by atoms with E-state index < -0.39 is 17.9 Å². The van der Waals surface area contributed by atoms with Gasteiger partial charge >= 0.3 is 0 Å². The van der Waals surface area contributed by atoms with Crippen LogP contribution in [0.1, 0.15) is 20.3 Å². The van der Waals surface area contributed by atoms with Gasteiger partial charge in [0.25, 0.3) is 0 Å². The molecule has 0 saturated heterocycles. The van der Waals surface area contributed by atoms with Gasteiger partial charge in [-0.3, -0.25) is 14.1 Å². The minimum absolute atomic E-state index is 0.0141. The first-order chi connectivity index (χ1) is 13.8. The van der Waals surface area contributed by atoms with E-state index in [1.165, 1.54) is 0 Å². The maximum Gasteiger partial charge on any atom is 0.184 e. The standard InChI is InChI=1S/C22H32N4OSi2/c1-7-21(27)22(24-26(29(5)6)20-16-12-9-13-17-20)18(2)23-25(28(3)4)19-14-10-8-11-15-19/h8-17,28-29H,7H2,1-6H3. The van der Waals surface area contributed by atoms with Crippen LogP contribution in [-0.2, 0) is 4.79 Å². The minimum atomic E-state index is -1.34. The molecule has 7 heteroatoms. The van der Waals surface area contributed by atoms with Crippen LogP contribution in [0.25, 0.3) is 0 Å². The van der Waals surface area contributed by atoms with Crippen molar-refractivity contribution in [2.45, 2.75) is 46.5 Å². The highest BCUT2D eigenvalue weighted by Crippen LogP contribution is 2.18. The summed E-state index contributed by atoms with van der Waals surface area (Å²) in [5.74, 6) is 0.0141. The fraction of sp³-hybridized carbons (Fsp3) is 0.318. The molecule has 0 N–H and O–H groups in total. The van der Waals surface area contributed by atoms with Gasteiger partial charge in [0.2, 0.25) is 0 Å². The average molecular weight is 425 g/mol. The number of hydrazone groups is 2. The van der Waals surface area contributed by atoms with Gasteiger partial charge in [-0.1, -0.05) is 69.5 Å². The van der Waals surface area contributed by atoms with Crippen molar-refractivity contribution in [1.29, 1.82) is 0 Å². The summed E-state index contributed by atoms with van der Waals surface area (Å²) >= 11 is 0. The predicted octanol–water partition coefficient (Wildman–Crippen LogP) is 4.68. The molecule has 29 heavy (non-hydrogen) atoms. The third kappa shape index (κ3) is 6.23. The van der Waals surface area contributed by atoms with Crippen molar-refractivity contribution in [3.8, 4) is 0 Å². The fourth-order valence-electron chi connectivity index (χ4n) is 2.92. The minimum Gasteiger partial charge on any atom is -0.298 e. The van der Waals surface area contributed by atoms with Crippen molar-refractivity contribution in [2.75, 3.05) is 9.35 Å². The number of hydrogen-bond donors (Lipinski definition) is 0. The number of anilines is 2. The lowest BCUT2D eigenvalue weighted by Crippen LogP contribution is -2.36. The SMILES string of the molecule is CCC(=O)C(=NN(c1ccccc1)[SiH](C)C)C(C)=NN(c1ccccc1)[SiH](C)C. The average Bonchev–Trinajstić information content (AvgIpc) is 2.72. The van der Waals surface area contributed by atoms with Gasteiger partial charge in [0.15, 0.2) is 23.7 Å². The van der Waals surface area contributed by atoms with E-state index in [1.54, 1.807) is 0 Å². The lowest BCUT2D eigenvalue weighted by atomic mass is 10.1. The van der Waals surface area contributed by atoms with Gasteiger partial charge in [0.05, 0.1) is 5.71 Å². The van der Waals surface area contributed by atoms with Crippen LogP contribution in [0.4, 0.5) is 11.4 Å². The van der Waals surface area contributed by atoms with Crippen molar-refractivity contribution in [3.63, 3.8) is 0 Å². The van der Waals surface area contributed by atoms with E-state index in [4.69, 9.17) is 10.2 Å². The number of ketones is 1. The van der Waals surface area contributed by atoms with Crippen LogP contribution < -0.4 is 9.35 Å². The number of carbonyl (C=O) groups excluding carboxylic acids is 1. The molecule has 2 rings (SSSR count). The normalized spacial score (nSPS) is 12.4. The monoisotopic (exact) mass is 424 g/mol. The summed E-state index contributed by atoms with van der Waals surface area (Å²) in [5.41, 5.74) is 3.18. The van der Waals surface area contributed by atoms with E-state index in [0.29, 0.717) is 17.8 Å². The van der Waals surface area contributed by atoms with Crippen LogP contribution in [-0.4, -0.2) is 35.1 Å². The molecule has 2 aromatic carbocycles. The molecule has 0 spiro atoms. The molecule has 0 aliphatic carbocycles. The largest absolute Gasteiger partial charge is 0.298 e. The molecule has 0 amide bonds. The van der Waals surface area contributed by atoms with Crippen LogP contribution in [0, 0.1) is 0 Å². The van der Waals surface area contributed by atoms with Crippen molar-refractivity contribution < 1.29 is 4.79 Å². The Morgan fingerprint density at radius 1 is 0.793 bits per heavy atom. The van der Waals surface area contributed by atoms with Gasteiger partial charge in [-0.15, -0.1) is 0 Å². The van der Waals surface area contributed by atoms with Gasteiger partial charge in [0.1, 0.15) is 5.71 Å². The van der Waals surface area contributed by atoms with E-state index >= 15 is 0 Å². The molecule has 0 heterocycles. The summed E-state index contributed by atoms with van der Waals surface area (Å²) in [6.07, 6.45) is 0.401. The van der Waals surface area contributed by atoms with Crippen molar-refractivity contribution in [3.05, 3.63) is 60.7 Å². The van der Waals surface area contributed by atoms with E-state index in [1.807, 2.05) is 67.1 Å². The van der Waals surface area contributed by atoms with E-state index in [2.05, 4.69) is 43.0 Å². The van der Waals surface area contributed by atoms with Gasteiger partial charge in [-0.2, -0.15) is 10.2 Å². The third-order valence-corrected chi connectivity index (χ3v) is 7.20. The van der Waals surface area contributed by atoms with E-state index in [0.717, 1.165) is 11.4 Å². The van der Waals surface area contributed by atoms with Crippen LogP contribution in [0.15, 0.2) is 70.9 Å². The summed E-state index contributed by atoms with van der Waals surface area (Å²) in [5, 5.41) is 9.71. The fourth-order valence-corrected chi connectivity index (χ4v) is 5.21. The Bertz CT molecular complexity index is 852. The number of Topliss-reactive ketones (excluding diaryl/α,β-unsaturated/α-hetero) is 1. The Labute approximate surface area is 178 Å². The molecule has 0 aromatic heterocycles. The lowest BCUT2D eigenvalue weighted by Gasteiger charge is -2.26. The summed E-state index contributed by atoms with van der Waals surface area (Å²) in [7, 11) is -2.63. The number of hydrogen-bond acceptors (Lipinski definition) is 5. The molecule has 0 aliphatic rings. The van der Waals surface area contributed by atoms with Gasteiger partial charge in [-0.25, -0.2) is 0 Å². The van der Waals surface area contributed by atoms with Crippen molar-refractivity contribution in [2.24, 2.45) is 10.2 Å². The third-order valence-electron chi connectivity index (χ3n) is 4.41. The molecule has 2 aromatic rings. The van der Waals surface area contributed by atoms with Crippen LogP contribution in [0.3, 0.4) is 0 Å². The van der Waals surface area contributed by atoms with Crippen LogP contribution in [0.2, 0.25) is 26.2 Å². The zero-order valence-corrected chi connectivity index (χ0v) is 20.6. The second-order valence-corrected chi connectivity index (χ2v) is 12.8. The maximum absolute atomic E-state index is 12.8. The summed E-state index contributed by atoms with van der Waals surface area (Å²) in [4.78, 5) is 12.8. The highest BCUT2D eigenvalue weighted by molar-refractivity contribution is 6.69. The topological polar surface area (TPSA) is 48.3 Å². The number of nitrogens with zero attached hydrogens (tertiary/aromatic N) is 4. The first kappa shape index (κ1) is 22.8. The zero-order chi connectivity index (χ0) is 21.4. The van der Waals surface area contributed by atoms with Gasteiger partial charge in [-0.05, 0) is 31.2 Å². The highest BCUT2D eigenvalue weighted by atomic mass is 28.3. The Kier molecular flexibility index (Phi) is 8.54. The lowest BCUT2D eigenvalue weighted by molar-refractivity contribution is -0.112. The molecule has 0 bridgehead atoms. The van der Waals surface area contributed by atoms with E-state index in [9.17, 15) is 4.79 Å². The number of rotatable bonds is 9. The molecular formula is C22H32N4OSi2. The predicted molar refractivity (Wildman–Crippen MR) is 131 cm³/mol. The number of benzene rings is 2. The van der Waals surface area contributed by atoms with E-state index in [-0.39, 0.29) is 5.78 Å². The zero-order valence-electron chi connectivity index (χ0n) is 18.3. The van der Waals surface area contributed by atoms with Gasteiger partial charge in [0, 0.05) is 17.8 Å². The Hall–Kier alpha value is -2.52. The molecule has 0 radical (unpaired) electrons. The molecular weight excluding hydrogens is 392 g/mol. The Balaban J connectivity index is 2.51. The van der Waals surface area contributed by atoms with Crippen molar-refractivity contribution >= 4 is 46.5 Å². The molecule has 154 valence electrons. The van der Waals surface area contributed by atoms with Crippen molar-refractivity contribution in [1.82, 2.24) is 0 Å². The quantitative estimate of drug-likeness (QED) is 0.334. The molecule has 0 unspecified atom stereocenters. The molecule has 0 saturated carbocycles. The van der Waals surface area contributed by atoms with Gasteiger partial charge < -0.3 is 0 Å². The van der Waals surface area contributed by atoms with Crippen LogP contribution in [0.5, 0.6) is 0 Å². The highest BCUT2D eigenvalue weighted by Gasteiger charge is 2.20. The summed E-state index contributed by atoms with van der Waals surface area (Å²) in [6.45, 7) is 12.6. The summed E-state index contributed by atoms with van der Waals surface area (Å²) in [6, 6.07) is 20.2. The smallest absolute Gasteiger partial charge is 0.184 e. The molecule has 5 nitrogen and oxygen atoms in total. The molecule has 0 aliphatic heterocycles. The molecule has 0 fully saturated rings. The Morgan fingerprint density at radius 3 is 1.59 bits per heavy atom. The second-order valence-electron chi connectivity index (χ2n) is 7.46. The summed E-state index contributed by atoms with van der Waals surface area (Å²) < 4.78 is 4.11. The first-order valence-corrected chi connectivity index (χ1v) is 15.9. The number of para-hydroxylation sites is 2. The first-order valence-electron chi connectivity index (χ1n) is 10.2. The molecule has 0 atom stereocenters.